The quantitative estimate of drug-likeness (QED) is 0.712. The van der Waals surface area contributed by atoms with Crippen LogP contribution >= 0.6 is 0 Å². The van der Waals surface area contributed by atoms with Crippen LogP contribution in [0.25, 0.3) is 0 Å². The molecule has 3 nitrogen and oxygen atoms in total. The van der Waals surface area contributed by atoms with Crippen LogP contribution in [0.2, 0.25) is 0 Å². The number of anilines is 1. The van der Waals surface area contributed by atoms with Crippen molar-refractivity contribution in [2.24, 2.45) is 0 Å². The van der Waals surface area contributed by atoms with Gasteiger partial charge in [0.2, 0.25) is 0 Å². The Morgan fingerprint density at radius 2 is 2.00 bits per heavy atom. The lowest BCUT2D eigenvalue weighted by molar-refractivity contribution is 0.0953. The summed E-state index contributed by atoms with van der Waals surface area (Å²) in [5.41, 5.74) is 1.74. The van der Waals surface area contributed by atoms with Crippen molar-refractivity contribution in [1.29, 1.82) is 0 Å². The normalized spacial score (nSPS) is 10.0. The van der Waals surface area contributed by atoms with Crippen molar-refractivity contribution in [3.05, 3.63) is 29.8 Å². The molecule has 0 aliphatic carbocycles. The van der Waals surface area contributed by atoms with Gasteiger partial charge in [0.15, 0.2) is 0 Å². The Morgan fingerprint density at radius 3 is 2.71 bits per heavy atom. The number of rotatable bonds is 7. The van der Waals surface area contributed by atoms with Gasteiger partial charge in [0, 0.05) is 24.3 Å². The Labute approximate surface area is 104 Å². The summed E-state index contributed by atoms with van der Waals surface area (Å²) in [6.45, 7) is 5.89. The van der Waals surface area contributed by atoms with Crippen LogP contribution in [-0.2, 0) is 0 Å². The molecular formula is C14H22N2O. The second-order valence-corrected chi connectivity index (χ2v) is 4.12. The van der Waals surface area contributed by atoms with Gasteiger partial charge in [-0.3, -0.25) is 4.79 Å². The molecule has 0 heterocycles. The van der Waals surface area contributed by atoms with Gasteiger partial charge in [-0.25, -0.2) is 0 Å². The van der Waals surface area contributed by atoms with Gasteiger partial charge in [-0.2, -0.15) is 0 Å². The molecule has 2 N–H and O–H groups in total. The van der Waals surface area contributed by atoms with Gasteiger partial charge in [0.05, 0.1) is 0 Å². The predicted molar refractivity (Wildman–Crippen MR) is 72.5 cm³/mol. The van der Waals surface area contributed by atoms with E-state index in [-0.39, 0.29) is 5.91 Å². The third-order valence-electron chi connectivity index (χ3n) is 2.52. The summed E-state index contributed by atoms with van der Waals surface area (Å²) in [5.74, 6) is 0.00555. The maximum atomic E-state index is 11.7. The fourth-order valence-electron chi connectivity index (χ4n) is 1.52. The van der Waals surface area contributed by atoms with E-state index in [0.29, 0.717) is 0 Å². The summed E-state index contributed by atoms with van der Waals surface area (Å²) in [6.07, 6.45) is 3.27. The minimum Gasteiger partial charge on any atom is -0.385 e. The third kappa shape index (κ3) is 4.89. The number of hydrogen-bond acceptors (Lipinski definition) is 2. The lowest BCUT2D eigenvalue weighted by atomic mass is 10.2. The highest BCUT2D eigenvalue weighted by molar-refractivity contribution is 5.95. The van der Waals surface area contributed by atoms with E-state index in [2.05, 4.69) is 17.6 Å². The van der Waals surface area contributed by atoms with E-state index in [1.165, 1.54) is 6.42 Å². The van der Waals surface area contributed by atoms with E-state index in [0.717, 1.165) is 37.2 Å². The van der Waals surface area contributed by atoms with E-state index >= 15 is 0 Å². The molecule has 0 saturated carbocycles. The second-order valence-electron chi connectivity index (χ2n) is 4.12. The van der Waals surface area contributed by atoms with Gasteiger partial charge in [-0.1, -0.05) is 26.3 Å². The van der Waals surface area contributed by atoms with Gasteiger partial charge in [-0.15, -0.1) is 0 Å². The van der Waals surface area contributed by atoms with Crippen LogP contribution in [-0.4, -0.2) is 19.0 Å². The molecule has 0 unspecified atom stereocenters. The highest BCUT2D eigenvalue weighted by atomic mass is 16.1. The molecule has 0 fully saturated rings. The average molecular weight is 234 g/mol. The van der Waals surface area contributed by atoms with Crippen LogP contribution in [0, 0.1) is 0 Å². The number of hydrogen-bond donors (Lipinski definition) is 2. The summed E-state index contributed by atoms with van der Waals surface area (Å²) in [4.78, 5) is 11.7. The molecule has 1 aromatic carbocycles. The molecule has 0 aliphatic heterocycles. The molecule has 0 saturated heterocycles. The first-order valence-electron chi connectivity index (χ1n) is 6.40. The number of unbranched alkanes of at least 4 members (excludes halogenated alkanes) is 1. The van der Waals surface area contributed by atoms with Crippen LogP contribution in [0.4, 0.5) is 5.69 Å². The molecule has 3 heteroatoms. The summed E-state index contributed by atoms with van der Waals surface area (Å²) in [6, 6.07) is 7.65. The standard InChI is InChI=1S/C14H22N2O/c1-3-5-10-15-13-8-6-7-12(11-13)14(17)16-9-4-2/h6-8,11,15H,3-5,9-10H2,1-2H3,(H,16,17). The van der Waals surface area contributed by atoms with Crippen LogP contribution in [0.15, 0.2) is 24.3 Å². The molecular weight excluding hydrogens is 212 g/mol. The Morgan fingerprint density at radius 1 is 1.18 bits per heavy atom. The van der Waals surface area contributed by atoms with Crippen LogP contribution < -0.4 is 10.6 Å². The molecule has 0 aromatic heterocycles. The molecule has 0 spiro atoms. The van der Waals surface area contributed by atoms with Crippen LogP contribution in [0.3, 0.4) is 0 Å². The van der Waals surface area contributed by atoms with Crippen molar-refractivity contribution in [1.82, 2.24) is 5.32 Å². The Kier molecular flexibility index (Phi) is 6.15. The lowest BCUT2D eigenvalue weighted by Gasteiger charge is -2.08. The van der Waals surface area contributed by atoms with Gasteiger partial charge >= 0.3 is 0 Å². The zero-order valence-electron chi connectivity index (χ0n) is 10.8. The lowest BCUT2D eigenvalue weighted by Crippen LogP contribution is -2.23. The minimum absolute atomic E-state index is 0.00555. The molecule has 0 radical (unpaired) electrons. The summed E-state index contributed by atoms with van der Waals surface area (Å²) >= 11 is 0. The number of carbonyl (C=O) groups is 1. The zero-order chi connectivity index (χ0) is 12.5. The molecule has 0 bridgehead atoms. The summed E-state index contributed by atoms with van der Waals surface area (Å²) in [7, 11) is 0. The molecule has 1 aromatic rings. The van der Waals surface area contributed by atoms with Crippen LogP contribution in [0.5, 0.6) is 0 Å². The van der Waals surface area contributed by atoms with E-state index in [1.807, 2.05) is 31.2 Å². The highest BCUT2D eigenvalue weighted by Crippen LogP contribution is 2.10. The Balaban J connectivity index is 2.55. The average Bonchev–Trinajstić information content (AvgIpc) is 2.36. The summed E-state index contributed by atoms with van der Waals surface area (Å²) in [5, 5.41) is 6.19. The molecule has 17 heavy (non-hydrogen) atoms. The fourth-order valence-corrected chi connectivity index (χ4v) is 1.52. The van der Waals surface area contributed by atoms with Gasteiger partial charge in [0.25, 0.3) is 5.91 Å². The first kappa shape index (κ1) is 13.6. The van der Waals surface area contributed by atoms with Crippen molar-refractivity contribution in [3.63, 3.8) is 0 Å². The number of benzene rings is 1. The van der Waals surface area contributed by atoms with Crippen molar-refractivity contribution in [3.8, 4) is 0 Å². The maximum Gasteiger partial charge on any atom is 0.251 e. The van der Waals surface area contributed by atoms with Crippen LogP contribution in [0.1, 0.15) is 43.5 Å². The SMILES string of the molecule is CCCCNc1cccc(C(=O)NCCC)c1. The van der Waals surface area contributed by atoms with Gasteiger partial charge in [-0.05, 0) is 31.0 Å². The highest BCUT2D eigenvalue weighted by Gasteiger charge is 2.04. The molecule has 0 aliphatic rings. The van der Waals surface area contributed by atoms with Crippen molar-refractivity contribution >= 4 is 11.6 Å². The predicted octanol–water partition coefficient (Wildman–Crippen LogP) is 3.04. The summed E-state index contributed by atoms with van der Waals surface area (Å²) < 4.78 is 0. The van der Waals surface area contributed by atoms with Crippen molar-refractivity contribution in [2.45, 2.75) is 33.1 Å². The maximum absolute atomic E-state index is 11.7. The minimum atomic E-state index is 0.00555. The molecule has 1 amide bonds. The van der Waals surface area contributed by atoms with E-state index in [4.69, 9.17) is 0 Å². The van der Waals surface area contributed by atoms with E-state index < -0.39 is 0 Å². The zero-order valence-corrected chi connectivity index (χ0v) is 10.8. The van der Waals surface area contributed by atoms with E-state index in [9.17, 15) is 4.79 Å². The monoisotopic (exact) mass is 234 g/mol. The Hall–Kier alpha value is -1.51. The molecule has 0 atom stereocenters. The number of carbonyl (C=O) groups excluding carboxylic acids is 1. The van der Waals surface area contributed by atoms with Gasteiger partial charge in [0.1, 0.15) is 0 Å². The van der Waals surface area contributed by atoms with Crippen molar-refractivity contribution < 1.29 is 4.79 Å². The fraction of sp³-hybridized carbons (Fsp3) is 0.500. The van der Waals surface area contributed by atoms with E-state index in [1.54, 1.807) is 0 Å². The van der Waals surface area contributed by atoms with Crippen molar-refractivity contribution in [2.75, 3.05) is 18.4 Å². The molecule has 94 valence electrons. The first-order valence-corrected chi connectivity index (χ1v) is 6.40. The number of nitrogens with one attached hydrogen (secondary N) is 2. The molecule has 1 rings (SSSR count). The Bertz CT molecular complexity index is 350. The first-order chi connectivity index (χ1) is 8.27. The number of amides is 1. The second kappa shape index (κ2) is 7.71. The largest absolute Gasteiger partial charge is 0.385 e. The third-order valence-corrected chi connectivity index (χ3v) is 2.52. The topological polar surface area (TPSA) is 41.1 Å². The van der Waals surface area contributed by atoms with Gasteiger partial charge < -0.3 is 10.6 Å². The smallest absolute Gasteiger partial charge is 0.251 e.